The van der Waals surface area contributed by atoms with Crippen molar-refractivity contribution >= 4 is 11.6 Å². The highest BCUT2D eigenvalue weighted by atomic mass is 35.5. The second-order valence-corrected chi connectivity index (χ2v) is 4.90. The number of nitrogens with zero attached hydrogens (tertiary/aromatic N) is 2. The maximum atomic E-state index is 6.03. The zero-order chi connectivity index (χ0) is 14.5. The summed E-state index contributed by atoms with van der Waals surface area (Å²) in [4.78, 5) is 7.89. The summed E-state index contributed by atoms with van der Waals surface area (Å²) in [6.07, 6.45) is 4.88. The van der Waals surface area contributed by atoms with Gasteiger partial charge in [-0.2, -0.15) is 0 Å². The Labute approximate surface area is 128 Å². The van der Waals surface area contributed by atoms with E-state index in [0.29, 0.717) is 0 Å². The summed E-state index contributed by atoms with van der Waals surface area (Å²) in [5.41, 5.74) is 3.91. The van der Waals surface area contributed by atoms with Crippen LogP contribution in [0.5, 0.6) is 0 Å². The number of hydrogen-bond donors (Lipinski definition) is 0. The Kier molecular flexibility index (Phi) is 3.95. The third-order valence-corrected chi connectivity index (χ3v) is 3.17. The van der Waals surface area contributed by atoms with Crippen LogP contribution in [0, 0.1) is 11.8 Å². The van der Waals surface area contributed by atoms with Gasteiger partial charge in [-0.1, -0.05) is 47.7 Å². The van der Waals surface area contributed by atoms with Crippen molar-refractivity contribution in [3.63, 3.8) is 0 Å². The minimum Gasteiger partial charge on any atom is -0.244 e. The van der Waals surface area contributed by atoms with E-state index in [4.69, 9.17) is 11.6 Å². The minimum atomic E-state index is 0.727. The Balaban J connectivity index is 1.93. The molecule has 3 rings (SSSR count). The molecule has 0 N–H and O–H groups in total. The Morgan fingerprint density at radius 3 is 2.19 bits per heavy atom. The fourth-order valence-electron chi connectivity index (χ4n) is 1.95. The van der Waals surface area contributed by atoms with E-state index in [-0.39, 0.29) is 0 Å². The molecule has 0 saturated carbocycles. The molecule has 0 amide bonds. The van der Waals surface area contributed by atoms with Crippen LogP contribution in [-0.4, -0.2) is 9.97 Å². The van der Waals surface area contributed by atoms with Gasteiger partial charge in [-0.15, -0.1) is 0 Å². The first kappa shape index (κ1) is 13.4. The summed E-state index contributed by atoms with van der Waals surface area (Å²) in [6, 6.07) is 15.8. The monoisotopic (exact) mass is 290 g/mol. The van der Waals surface area contributed by atoms with Crippen LogP contribution in [0.2, 0.25) is 5.02 Å². The predicted octanol–water partition coefficient (Wildman–Crippen LogP) is 4.20. The summed E-state index contributed by atoms with van der Waals surface area (Å²) >= 11 is 6.03. The molecule has 0 aliphatic heterocycles. The van der Waals surface area contributed by atoms with Crippen molar-refractivity contribution in [2.75, 3.05) is 0 Å². The van der Waals surface area contributed by atoms with Crippen molar-refractivity contribution in [1.29, 1.82) is 0 Å². The lowest BCUT2D eigenvalue weighted by atomic mass is 10.0. The number of aromatic nitrogens is 2. The van der Waals surface area contributed by atoms with Gasteiger partial charge >= 0.3 is 0 Å². The first-order chi connectivity index (χ1) is 10.3. The number of benzene rings is 2. The van der Waals surface area contributed by atoms with E-state index in [1.54, 1.807) is 12.4 Å². The van der Waals surface area contributed by atoms with Crippen molar-refractivity contribution in [2.24, 2.45) is 0 Å². The van der Waals surface area contributed by atoms with Crippen LogP contribution in [0.4, 0.5) is 0 Å². The van der Waals surface area contributed by atoms with Gasteiger partial charge in [0.2, 0.25) is 0 Å². The molecule has 0 fully saturated rings. The van der Waals surface area contributed by atoms with E-state index in [2.05, 4.69) is 21.8 Å². The smallest absolute Gasteiger partial charge is 0.115 e. The van der Waals surface area contributed by atoms with Crippen LogP contribution in [0.1, 0.15) is 11.1 Å². The lowest BCUT2D eigenvalue weighted by Crippen LogP contribution is -1.82. The zero-order valence-corrected chi connectivity index (χ0v) is 11.9. The van der Waals surface area contributed by atoms with Crippen LogP contribution in [-0.2, 0) is 0 Å². The Morgan fingerprint density at radius 2 is 1.43 bits per heavy atom. The Hall–Kier alpha value is -2.63. The van der Waals surface area contributed by atoms with E-state index < -0.39 is 0 Å². The average molecular weight is 291 g/mol. The molecule has 100 valence electrons. The summed E-state index contributed by atoms with van der Waals surface area (Å²) in [6.45, 7) is 0. The molecule has 0 unspecified atom stereocenters. The number of halogens is 1. The molecule has 2 nitrogen and oxygen atoms in total. The second-order valence-electron chi connectivity index (χ2n) is 4.47. The maximum absolute atomic E-state index is 6.03. The Bertz CT molecular complexity index is 817. The van der Waals surface area contributed by atoms with Crippen molar-refractivity contribution in [3.8, 4) is 23.0 Å². The topological polar surface area (TPSA) is 25.8 Å². The molecule has 0 atom stereocenters. The van der Waals surface area contributed by atoms with Gasteiger partial charge < -0.3 is 0 Å². The maximum Gasteiger partial charge on any atom is 0.115 e. The minimum absolute atomic E-state index is 0.727. The third kappa shape index (κ3) is 3.47. The SMILES string of the molecule is Clc1cccc(-c2cccc(C#Cc3cncnc3)c2)c1. The number of hydrogen-bond acceptors (Lipinski definition) is 2. The van der Waals surface area contributed by atoms with Gasteiger partial charge in [-0.25, -0.2) is 9.97 Å². The van der Waals surface area contributed by atoms with Crippen LogP contribution < -0.4 is 0 Å². The molecule has 1 aromatic heterocycles. The standard InChI is InChI=1S/C18H11ClN2/c19-18-6-2-5-17(10-18)16-4-1-3-14(9-16)7-8-15-11-20-13-21-12-15/h1-6,9-13H. The molecular formula is C18H11ClN2. The van der Waals surface area contributed by atoms with Gasteiger partial charge in [-0.05, 0) is 35.4 Å². The van der Waals surface area contributed by atoms with Crippen molar-refractivity contribution in [1.82, 2.24) is 9.97 Å². The normalized spacial score (nSPS) is 9.76. The lowest BCUT2D eigenvalue weighted by molar-refractivity contribution is 1.16. The van der Waals surface area contributed by atoms with Gasteiger partial charge in [0.05, 0.1) is 5.56 Å². The molecule has 21 heavy (non-hydrogen) atoms. The second kappa shape index (κ2) is 6.21. The molecule has 0 aliphatic carbocycles. The van der Waals surface area contributed by atoms with Crippen molar-refractivity contribution in [3.05, 3.63) is 83.4 Å². The van der Waals surface area contributed by atoms with E-state index in [0.717, 1.165) is 27.3 Å². The molecule has 0 saturated heterocycles. The number of rotatable bonds is 1. The first-order valence-corrected chi connectivity index (χ1v) is 6.82. The van der Waals surface area contributed by atoms with Gasteiger partial charge in [0.15, 0.2) is 0 Å². The lowest BCUT2D eigenvalue weighted by Gasteiger charge is -2.02. The van der Waals surface area contributed by atoms with E-state index in [1.807, 2.05) is 48.5 Å². The Morgan fingerprint density at radius 1 is 0.762 bits per heavy atom. The fraction of sp³-hybridized carbons (Fsp3) is 0. The zero-order valence-electron chi connectivity index (χ0n) is 11.1. The highest BCUT2D eigenvalue weighted by Crippen LogP contribution is 2.23. The molecular weight excluding hydrogens is 280 g/mol. The van der Waals surface area contributed by atoms with E-state index in [1.165, 1.54) is 6.33 Å². The molecule has 1 heterocycles. The van der Waals surface area contributed by atoms with Crippen molar-refractivity contribution in [2.45, 2.75) is 0 Å². The summed E-state index contributed by atoms with van der Waals surface area (Å²) in [7, 11) is 0. The highest BCUT2D eigenvalue weighted by molar-refractivity contribution is 6.30. The van der Waals surface area contributed by atoms with Crippen LogP contribution in [0.15, 0.2) is 67.3 Å². The summed E-state index contributed by atoms with van der Waals surface area (Å²) in [5, 5.41) is 0.727. The van der Waals surface area contributed by atoms with Crippen LogP contribution in [0.25, 0.3) is 11.1 Å². The molecule has 0 radical (unpaired) electrons. The molecule has 3 aromatic rings. The molecule has 0 bridgehead atoms. The van der Waals surface area contributed by atoms with Crippen LogP contribution >= 0.6 is 11.6 Å². The van der Waals surface area contributed by atoms with E-state index >= 15 is 0 Å². The molecule has 2 aromatic carbocycles. The quantitative estimate of drug-likeness (QED) is 0.628. The van der Waals surface area contributed by atoms with Gasteiger partial charge in [0, 0.05) is 23.0 Å². The summed E-state index contributed by atoms with van der Waals surface area (Å²) < 4.78 is 0. The summed E-state index contributed by atoms with van der Waals surface area (Å²) in [5.74, 6) is 6.17. The molecule has 0 aliphatic rings. The van der Waals surface area contributed by atoms with Gasteiger partial charge in [0.25, 0.3) is 0 Å². The van der Waals surface area contributed by atoms with Crippen molar-refractivity contribution < 1.29 is 0 Å². The average Bonchev–Trinajstić information content (AvgIpc) is 2.54. The van der Waals surface area contributed by atoms with Crippen LogP contribution in [0.3, 0.4) is 0 Å². The predicted molar refractivity (Wildman–Crippen MR) is 84.9 cm³/mol. The molecule has 0 spiro atoms. The fourth-order valence-corrected chi connectivity index (χ4v) is 2.14. The van der Waals surface area contributed by atoms with E-state index in [9.17, 15) is 0 Å². The highest BCUT2D eigenvalue weighted by Gasteiger charge is 1.99. The van der Waals surface area contributed by atoms with Gasteiger partial charge in [0.1, 0.15) is 6.33 Å². The van der Waals surface area contributed by atoms with Gasteiger partial charge in [-0.3, -0.25) is 0 Å². The first-order valence-electron chi connectivity index (χ1n) is 6.44. The largest absolute Gasteiger partial charge is 0.244 e. The third-order valence-electron chi connectivity index (χ3n) is 2.93. The molecule has 3 heteroatoms.